The molecule has 1 heterocycles. The van der Waals surface area contributed by atoms with Gasteiger partial charge in [-0.15, -0.1) is 0 Å². The Morgan fingerprint density at radius 2 is 1.67 bits per heavy atom. The topological polar surface area (TPSA) is 22.1 Å². The van der Waals surface area contributed by atoms with Gasteiger partial charge in [0.2, 0.25) is 5.88 Å². The molecule has 0 spiro atoms. The molecule has 0 saturated carbocycles. The summed E-state index contributed by atoms with van der Waals surface area (Å²) in [6.45, 7) is 0. The fourth-order valence-electron chi connectivity index (χ4n) is 1.08. The third-order valence-corrected chi connectivity index (χ3v) is 3.48. The Kier molecular flexibility index (Phi) is 3.79. The average Bonchev–Trinajstić information content (AvgIpc) is 2.24. The van der Waals surface area contributed by atoms with Crippen molar-refractivity contribution in [3.8, 4) is 11.6 Å². The van der Waals surface area contributed by atoms with Crippen LogP contribution in [0.2, 0.25) is 0 Å². The summed E-state index contributed by atoms with van der Waals surface area (Å²) >= 11 is 4.45. The summed E-state index contributed by atoms with van der Waals surface area (Å²) < 4.78 is 7.80. The normalized spacial score (nSPS) is 10.0. The number of halogens is 2. The molecule has 0 amide bonds. The first-order valence-electron chi connectivity index (χ1n) is 4.30. The van der Waals surface area contributed by atoms with E-state index in [4.69, 9.17) is 4.74 Å². The second kappa shape index (κ2) is 5.11. The van der Waals surface area contributed by atoms with Crippen molar-refractivity contribution in [2.24, 2.45) is 0 Å². The Morgan fingerprint density at radius 3 is 2.40 bits per heavy atom. The number of benzene rings is 1. The first-order chi connectivity index (χ1) is 7.27. The average molecular weight is 423 g/mol. The van der Waals surface area contributed by atoms with Crippen molar-refractivity contribution < 1.29 is 4.74 Å². The van der Waals surface area contributed by atoms with E-state index < -0.39 is 0 Å². The summed E-state index contributed by atoms with van der Waals surface area (Å²) in [6, 6.07) is 11.7. The third-order valence-electron chi connectivity index (χ3n) is 1.77. The summed E-state index contributed by atoms with van der Waals surface area (Å²) in [5, 5.41) is 0. The number of ether oxygens (including phenoxy) is 1. The Balaban J connectivity index is 2.30. The second-order valence-corrected chi connectivity index (χ2v) is 5.15. The number of pyridine rings is 1. The molecule has 0 aliphatic carbocycles. The van der Waals surface area contributed by atoms with Crippen LogP contribution < -0.4 is 4.74 Å². The lowest BCUT2D eigenvalue weighted by molar-refractivity contribution is 0.456. The fourth-order valence-corrected chi connectivity index (χ4v) is 2.03. The highest BCUT2D eigenvalue weighted by molar-refractivity contribution is 14.1. The maximum atomic E-state index is 5.71. The molecule has 0 unspecified atom stereocenters. The van der Waals surface area contributed by atoms with Crippen molar-refractivity contribution in [2.45, 2.75) is 0 Å². The van der Waals surface area contributed by atoms with Crippen LogP contribution in [0.3, 0.4) is 0 Å². The molecule has 1 aromatic carbocycles. The predicted octanol–water partition coefficient (Wildman–Crippen LogP) is 4.08. The van der Waals surface area contributed by atoms with E-state index in [1.807, 2.05) is 36.4 Å². The molecular formula is C11H7I2NO. The molecule has 1 aromatic heterocycles. The van der Waals surface area contributed by atoms with E-state index in [2.05, 4.69) is 50.2 Å². The standard InChI is InChI=1S/C11H7I2NO/c12-8-4-1-2-6-10(8)15-11-9(13)5-3-7-14-11/h1-7H. The highest BCUT2D eigenvalue weighted by Gasteiger charge is 2.05. The van der Waals surface area contributed by atoms with E-state index in [1.54, 1.807) is 6.20 Å². The molecule has 0 radical (unpaired) electrons. The van der Waals surface area contributed by atoms with E-state index in [9.17, 15) is 0 Å². The zero-order valence-corrected chi connectivity index (χ0v) is 12.0. The quantitative estimate of drug-likeness (QED) is 0.680. The molecule has 0 bridgehead atoms. The highest BCUT2D eigenvalue weighted by atomic mass is 127. The number of para-hydroxylation sites is 1. The van der Waals surface area contributed by atoms with Crippen LogP contribution in [0.15, 0.2) is 42.6 Å². The van der Waals surface area contributed by atoms with Gasteiger partial charge in [0.15, 0.2) is 0 Å². The van der Waals surface area contributed by atoms with Crippen LogP contribution in [-0.4, -0.2) is 4.98 Å². The maximum Gasteiger partial charge on any atom is 0.232 e. The molecule has 0 atom stereocenters. The number of aromatic nitrogens is 1. The van der Waals surface area contributed by atoms with Crippen LogP contribution in [0.25, 0.3) is 0 Å². The monoisotopic (exact) mass is 423 g/mol. The minimum atomic E-state index is 0.655. The summed E-state index contributed by atoms with van der Waals surface area (Å²) in [6.07, 6.45) is 1.73. The molecule has 15 heavy (non-hydrogen) atoms. The zero-order chi connectivity index (χ0) is 10.7. The Labute approximate surface area is 115 Å². The number of hydrogen-bond donors (Lipinski definition) is 0. The number of hydrogen-bond acceptors (Lipinski definition) is 2. The SMILES string of the molecule is Ic1ccccc1Oc1ncccc1I. The van der Waals surface area contributed by atoms with Crippen LogP contribution in [0.5, 0.6) is 11.6 Å². The lowest BCUT2D eigenvalue weighted by atomic mass is 10.3. The zero-order valence-electron chi connectivity index (χ0n) is 7.65. The van der Waals surface area contributed by atoms with Gasteiger partial charge in [0.1, 0.15) is 5.75 Å². The maximum absolute atomic E-state index is 5.71. The molecule has 2 rings (SSSR count). The molecule has 2 nitrogen and oxygen atoms in total. The summed E-state index contributed by atoms with van der Waals surface area (Å²) in [7, 11) is 0. The molecule has 2 aromatic rings. The lowest BCUT2D eigenvalue weighted by Gasteiger charge is -2.07. The Bertz CT molecular complexity index is 430. The summed E-state index contributed by atoms with van der Waals surface area (Å²) in [5.41, 5.74) is 0. The van der Waals surface area contributed by atoms with Crippen molar-refractivity contribution in [2.75, 3.05) is 0 Å². The second-order valence-electron chi connectivity index (χ2n) is 2.82. The van der Waals surface area contributed by atoms with E-state index >= 15 is 0 Å². The summed E-state index contributed by atoms with van der Waals surface area (Å²) in [5.74, 6) is 1.50. The Morgan fingerprint density at radius 1 is 0.933 bits per heavy atom. The van der Waals surface area contributed by atoms with E-state index in [0.29, 0.717) is 5.88 Å². The van der Waals surface area contributed by atoms with Gasteiger partial charge in [0.05, 0.1) is 7.14 Å². The summed E-state index contributed by atoms with van der Waals surface area (Å²) in [4.78, 5) is 4.18. The predicted molar refractivity (Wildman–Crippen MR) is 76.2 cm³/mol. The van der Waals surface area contributed by atoms with Crippen LogP contribution in [-0.2, 0) is 0 Å². The van der Waals surface area contributed by atoms with Gasteiger partial charge in [-0.3, -0.25) is 0 Å². The van der Waals surface area contributed by atoms with Gasteiger partial charge in [-0.25, -0.2) is 4.98 Å². The molecular weight excluding hydrogens is 416 g/mol. The van der Waals surface area contributed by atoms with Gasteiger partial charge < -0.3 is 4.74 Å². The smallest absolute Gasteiger partial charge is 0.232 e. The first-order valence-corrected chi connectivity index (χ1v) is 6.46. The van der Waals surface area contributed by atoms with Crippen LogP contribution in [0.4, 0.5) is 0 Å². The molecule has 76 valence electrons. The van der Waals surface area contributed by atoms with Crippen LogP contribution >= 0.6 is 45.2 Å². The molecule has 4 heteroatoms. The van der Waals surface area contributed by atoms with Crippen LogP contribution in [0, 0.1) is 7.14 Å². The number of rotatable bonds is 2. The fraction of sp³-hybridized carbons (Fsp3) is 0. The molecule has 0 saturated heterocycles. The van der Waals surface area contributed by atoms with Gasteiger partial charge in [0, 0.05) is 6.20 Å². The van der Waals surface area contributed by atoms with Gasteiger partial charge in [0.25, 0.3) is 0 Å². The van der Waals surface area contributed by atoms with Crippen molar-refractivity contribution >= 4 is 45.2 Å². The van der Waals surface area contributed by atoms with Crippen molar-refractivity contribution in [1.29, 1.82) is 0 Å². The van der Waals surface area contributed by atoms with Crippen molar-refractivity contribution in [1.82, 2.24) is 4.98 Å². The largest absolute Gasteiger partial charge is 0.437 e. The molecule has 0 aliphatic heterocycles. The van der Waals surface area contributed by atoms with E-state index in [1.165, 1.54) is 0 Å². The molecule has 0 aliphatic rings. The lowest BCUT2D eigenvalue weighted by Crippen LogP contribution is -1.91. The number of nitrogens with zero attached hydrogens (tertiary/aromatic N) is 1. The van der Waals surface area contributed by atoms with Gasteiger partial charge >= 0.3 is 0 Å². The first kappa shape index (κ1) is 11.1. The minimum absolute atomic E-state index is 0.655. The van der Waals surface area contributed by atoms with Gasteiger partial charge in [-0.1, -0.05) is 12.1 Å². The van der Waals surface area contributed by atoms with Crippen molar-refractivity contribution in [3.05, 3.63) is 49.7 Å². The van der Waals surface area contributed by atoms with Gasteiger partial charge in [-0.05, 0) is 69.4 Å². The third kappa shape index (κ3) is 2.81. The van der Waals surface area contributed by atoms with E-state index in [0.717, 1.165) is 12.9 Å². The van der Waals surface area contributed by atoms with Crippen LogP contribution in [0.1, 0.15) is 0 Å². The molecule has 0 N–H and O–H groups in total. The highest BCUT2D eigenvalue weighted by Crippen LogP contribution is 2.27. The minimum Gasteiger partial charge on any atom is -0.437 e. The molecule has 0 fully saturated rings. The van der Waals surface area contributed by atoms with E-state index in [-0.39, 0.29) is 0 Å². The van der Waals surface area contributed by atoms with Crippen molar-refractivity contribution in [3.63, 3.8) is 0 Å². The van der Waals surface area contributed by atoms with Gasteiger partial charge in [-0.2, -0.15) is 0 Å². The Hall–Kier alpha value is -0.370.